The van der Waals surface area contributed by atoms with E-state index >= 15 is 0 Å². The molecular weight excluding hydrogens is 306 g/mol. The van der Waals surface area contributed by atoms with Gasteiger partial charge in [0.1, 0.15) is 5.75 Å². The fourth-order valence-electron chi connectivity index (χ4n) is 3.01. The predicted octanol–water partition coefficient (Wildman–Crippen LogP) is 2.73. The number of methoxy groups -OCH3 is 1. The van der Waals surface area contributed by atoms with E-state index in [4.69, 9.17) is 10.5 Å². The average Bonchev–Trinajstić information content (AvgIpc) is 2.49. The van der Waals surface area contributed by atoms with Crippen molar-refractivity contribution < 1.29 is 9.66 Å². The van der Waals surface area contributed by atoms with Crippen molar-refractivity contribution in [3.63, 3.8) is 0 Å². The van der Waals surface area contributed by atoms with Crippen LogP contribution in [0.5, 0.6) is 5.75 Å². The first-order chi connectivity index (χ1) is 10.2. The van der Waals surface area contributed by atoms with Crippen LogP contribution in [0.3, 0.4) is 0 Å². The number of piperidine rings is 1. The Bertz CT molecular complexity index is 497. The number of nitro benzene ring substituents is 1. The Morgan fingerprint density at radius 2 is 2.23 bits per heavy atom. The van der Waals surface area contributed by atoms with Gasteiger partial charge < -0.3 is 10.5 Å². The van der Waals surface area contributed by atoms with Crippen molar-refractivity contribution in [3.8, 4) is 5.75 Å². The van der Waals surface area contributed by atoms with Gasteiger partial charge in [0, 0.05) is 30.3 Å². The van der Waals surface area contributed by atoms with Crippen LogP contribution in [0.25, 0.3) is 0 Å². The van der Waals surface area contributed by atoms with Crippen molar-refractivity contribution in [2.45, 2.75) is 38.3 Å². The Balaban J connectivity index is 0.00000242. The number of halogens is 1. The van der Waals surface area contributed by atoms with Crippen molar-refractivity contribution in [1.29, 1.82) is 0 Å². The number of rotatable bonds is 6. The van der Waals surface area contributed by atoms with Crippen LogP contribution in [-0.4, -0.2) is 36.1 Å². The van der Waals surface area contributed by atoms with Gasteiger partial charge in [-0.2, -0.15) is 0 Å². The maximum absolute atomic E-state index is 10.9. The van der Waals surface area contributed by atoms with E-state index in [1.807, 2.05) is 0 Å². The molecule has 0 radical (unpaired) electrons. The molecule has 1 unspecified atom stereocenters. The Morgan fingerprint density at radius 3 is 2.86 bits per heavy atom. The number of hydrogen-bond donors (Lipinski definition) is 1. The van der Waals surface area contributed by atoms with Gasteiger partial charge in [-0.15, -0.1) is 12.4 Å². The Morgan fingerprint density at radius 1 is 1.45 bits per heavy atom. The topological polar surface area (TPSA) is 81.6 Å². The van der Waals surface area contributed by atoms with Crippen LogP contribution in [-0.2, 0) is 6.54 Å². The van der Waals surface area contributed by atoms with Crippen molar-refractivity contribution in [3.05, 3.63) is 33.9 Å². The molecule has 0 amide bonds. The second-order valence-corrected chi connectivity index (χ2v) is 5.45. The van der Waals surface area contributed by atoms with E-state index in [9.17, 15) is 10.1 Å². The number of nitrogens with zero attached hydrogens (tertiary/aromatic N) is 2. The van der Waals surface area contributed by atoms with Gasteiger partial charge in [0.2, 0.25) is 0 Å². The highest BCUT2D eigenvalue weighted by Crippen LogP contribution is 2.28. The Labute approximate surface area is 137 Å². The van der Waals surface area contributed by atoms with Crippen LogP contribution in [0.4, 0.5) is 5.69 Å². The lowest BCUT2D eigenvalue weighted by Crippen LogP contribution is -2.40. The summed E-state index contributed by atoms with van der Waals surface area (Å²) in [4.78, 5) is 13.0. The predicted molar refractivity (Wildman–Crippen MR) is 88.6 cm³/mol. The van der Waals surface area contributed by atoms with Gasteiger partial charge in [-0.1, -0.05) is 6.42 Å². The van der Waals surface area contributed by atoms with E-state index in [0.717, 1.165) is 31.4 Å². The van der Waals surface area contributed by atoms with Gasteiger partial charge in [-0.3, -0.25) is 15.0 Å². The van der Waals surface area contributed by atoms with Crippen molar-refractivity contribution in [2.75, 3.05) is 20.2 Å². The fourth-order valence-corrected chi connectivity index (χ4v) is 3.01. The van der Waals surface area contributed by atoms with Gasteiger partial charge in [-0.05, 0) is 38.4 Å². The quantitative estimate of drug-likeness (QED) is 0.641. The molecule has 0 aromatic heterocycles. The molecule has 1 aliphatic rings. The van der Waals surface area contributed by atoms with Crippen LogP contribution in [0.1, 0.15) is 31.2 Å². The third-order valence-corrected chi connectivity index (χ3v) is 4.10. The zero-order valence-electron chi connectivity index (χ0n) is 12.9. The minimum atomic E-state index is -0.365. The highest BCUT2D eigenvalue weighted by molar-refractivity contribution is 5.85. The number of non-ortho nitro benzene ring substituents is 1. The molecule has 1 fully saturated rings. The molecule has 2 rings (SSSR count). The molecule has 0 aliphatic carbocycles. The largest absolute Gasteiger partial charge is 0.496 e. The van der Waals surface area contributed by atoms with E-state index < -0.39 is 0 Å². The van der Waals surface area contributed by atoms with Gasteiger partial charge in [-0.25, -0.2) is 0 Å². The molecule has 1 atom stereocenters. The Kier molecular flexibility index (Phi) is 7.58. The molecular formula is C15H24ClN3O3. The van der Waals surface area contributed by atoms with Crippen LogP contribution >= 0.6 is 12.4 Å². The highest BCUT2D eigenvalue weighted by Gasteiger charge is 2.23. The number of likely N-dealkylation sites (tertiary alicyclic amines) is 1. The number of hydrogen-bond acceptors (Lipinski definition) is 5. The molecule has 0 saturated carbocycles. The van der Waals surface area contributed by atoms with E-state index in [2.05, 4.69) is 4.90 Å². The molecule has 1 aromatic carbocycles. The smallest absolute Gasteiger partial charge is 0.270 e. The molecule has 0 bridgehead atoms. The van der Waals surface area contributed by atoms with Crippen LogP contribution < -0.4 is 10.5 Å². The molecule has 1 saturated heterocycles. The van der Waals surface area contributed by atoms with Crippen LogP contribution in [0.2, 0.25) is 0 Å². The molecule has 22 heavy (non-hydrogen) atoms. The first kappa shape index (κ1) is 18.7. The highest BCUT2D eigenvalue weighted by atomic mass is 35.5. The molecule has 1 aromatic rings. The first-order valence-corrected chi connectivity index (χ1v) is 7.41. The monoisotopic (exact) mass is 329 g/mol. The first-order valence-electron chi connectivity index (χ1n) is 7.41. The summed E-state index contributed by atoms with van der Waals surface area (Å²) in [6.07, 6.45) is 4.51. The molecule has 1 heterocycles. The van der Waals surface area contributed by atoms with Gasteiger partial charge in [0.15, 0.2) is 0 Å². The van der Waals surface area contributed by atoms with Gasteiger partial charge in [0.25, 0.3) is 5.69 Å². The minimum absolute atomic E-state index is 0. The number of benzene rings is 1. The number of ether oxygens (including phenoxy) is 1. The summed E-state index contributed by atoms with van der Waals surface area (Å²) in [6.45, 7) is 2.36. The normalized spacial score (nSPS) is 18.5. The lowest BCUT2D eigenvalue weighted by molar-refractivity contribution is -0.385. The van der Waals surface area contributed by atoms with E-state index in [1.165, 1.54) is 12.5 Å². The summed E-state index contributed by atoms with van der Waals surface area (Å²) >= 11 is 0. The zero-order valence-corrected chi connectivity index (χ0v) is 13.7. The zero-order chi connectivity index (χ0) is 15.2. The third-order valence-electron chi connectivity index (χ3n) is 4.10. The molecule has 0 spiro atoms. The number of nitro groups is 1. The summed E-state index contributed by atoms with van der Waals surface area (Å²) in [5.74, 6) is 0.706. The van der Waals surface area contributed by atoms with E-state index in [0.29, 0.717) is 24.9 Å². The van der Waals surface area contributed by atoms with Crippen molar-refractivity contribution >= 4 is 18.1 Å². The summed E-state index contributed by atoms with van der Waals surface area (Å²) in [6, 6.07) is 5.24. The van der Waals surface area contributed by atoms with Crippen LogP contribution in [0, 0.1) is 10.1 Å². The third kappa shape index (κ3) is 4.56. The summed E-state index contributed by atoms with van der Waals surface area (Å²) in [5, 5.41) is 10.9. The molecule has 1 aliphatic heterocycles. The van der Waals surface area contributed by atoms with Crippen molar-refractivity contribution in [2.24, 2.45) is 5.73 Å². The lowest BCUT2D eigenvalue weighted by Gasteiger charge is -2.35. The molecule has 2 N–H and O–H groups in total. The fraction of sp³-hybridized carbons (Fsp3) is 0.600. The summed E-state index contributed by atoms with van der Waals surface area (Å²) < 4.78 is 5.34. The molecule has 124 valence electrons. The minimum Gasteiger partial charge on any atom is -0.496 e. The Hall–Kier alpha value is -1.37. The maximum atomic E-state index is 10.9. The second kappa shape index (κ2) is 8.92. The SMILES string of the molecule is COc1ccc([N+](=O)[O-])cc1CN1CCCCC1CCN.Cl. The van der Waals surface area contributed by atoms with Crippen LogP contribution in [0.15, 0.2) is 18.2 Å². The average molecular weight is 330 g/mol. The summed E-state index contributed by atoms with van der Waals surface area (Å²) in [5.41, 5.74) is 6.67. The standard InChI is InChI=1S/C15H23N3O3.ClH/c1-21-15-6-5-14(18(19)20)10-12(15)11-17-9-3-2-4-13(17)7-8-16;/h5-6,10,13H,2-4,7-9,11,16H2,1H3;1H. The molecule has 7 heteroatoms. The maximum Gasteiger partial charge on any atom is 0.270 e. The van der Waals surface area contributed by atoms with E-state index in [-0.39, 0.29) is 23.0 Å². The van der Waals surface area contributed by atoms with Gasteiger partial charge >= 0.3 is 0 Å². The summed E-state index contributed by atoms with van der Waals surface area (Å²) in [7, 11) is 1.60. The van der Waals surface area contributed by atoms with Gasteiger partial charge in [0.05, 0.1) is 12.0 Å². The second-order valence-electron chi connectivity index (χ2n) is 5.45. The molecule has 6 nitrogen and oxygen atoms in total. The lowest BCUT2D eigenvalue weighted by atomic mass is 9.98. The van der Waals surface area contributed by atoms with Crippen molar-refractivity contribution in [1.82, 2.24) is 4.90 Å². The van der Waals surface area contributed by atoms with E-state index in [1.54, 1.807) is 19.2 Å². The number of nitrogens with two attached hydrogens (primary N) is 1.